The highest BCUT2D eigenvalue weighted by Crippen LogP contribution is 2.52. The maximum absolute atomic E-state index is 4.16. The first-order valence-corrected chi connectivity index (χ1v) is 5.63. The number of nitrogens with zero attached hydrogens (tertiary/aromatic N) is 1. The van der Waals surface area contributed by atoms with Crippen LogP contribution < -0.4 is 0 Å². The molecule has 0 bridgehead atoms. The Morgan fingerprint density at radius 1 is 1.31 bits per heavy atom. The fraction of sp³-hybridized carbons (Fsp3) is 0.333. The van der Waals surface area contributed by atoms with Gasteiger partial charge in [0, 0.05) is 12.7 Å². The lowest BCUT2D eigenvalue weighted by molar-refractivity contribution is 0.0926. The Balaban J connectivity index is 2.42. The SMILES string of the molecule is C=C1C(c2ccccc2)C(C)(C(=C)C)N1C. The molecule has 0 aliphatic carbocycles. The van der Waals surface area contributed by atoms with Crippen LogP contribution in [0.3, 0.4) is 0 Å². The quantitative estimate of drug-likeness (QED) is 0.679. The Morgan fingerprint density at radius 2 is 1.88 bits per heavy atom. The van der Waals surface area contributed by atoms with Gasteiger partial charge in [0.25, 0.3) is 0 Å². The standard InChI is InChI=1S/C15H19N/c1-11(2)15(4)14(12(3)16(15)5)13-9-7-6-8-10-13/h6-10,14H,1,3H2,2,4-5H3. The summed E-state index contributed by atoms with van der Waals surface area (Å²) in [6.45, 7) is 12.6. The zero-order valence-electron chi connectivity index (χ0n) is 10.3. The molecule has 2 atom stereocenters. The Morgan fingerprint density at radius 3 is 2.38 bits per heavy atom. The van der Waals surface area contributed by atoms with Crippen molar-refractivity contribution in [2.45, 2.75) is 25.3 Å². The molecular formula is C15H19N. The van der Waals surface area contributed by atoms with Gasteiger partial charge in [0.1, 0.15) is 0 Å². The van der Waals surface area contributed by atoms with Crippen molar-refractivity contribution in [2.75, 3.05) is 7.05 Å². The van der Waals surface area contributed by atoms with Gasteiger partial charge in [-0.2, -0.15) is 0 Å². The molecule has 84 valence electrons. The highest BCUT2D eigenvalue weighted by Gasteiger charge is 2.51. The number of likely N-dealkylation sites (tertiary alicyclic amines) is 1. The van der Waals surface area contributed by atoms with Crippen LogP contribution in [-0.4, -0.2) is 17.5 Å². The van der Waals surface area contributed by atoms with Crippen molar-refractivity contribution in [1.82, 2.24) is 4.90 Å². The van der Waals surface area contributed by atoms with Crippen LogP contribution in [0.1, 0.15) is 25.3 Å². The molecule has 1 aliphatic rings. The van der Waals surface area contributed by atoms with Crippen LogP contribution in [-0.2, 0) is 0 Å². The van der Waals surface area contributed by atoms with E-state index in [2.05, 4.69) is 63.2 Å². The van der Waals surface area contributed by atoms with Gasteiger partial charge in [0.05, 0.1) is 11.5 Å². The van der Waals surface area contributed by atoms with Crippen LogP contribution >= 0.6 is 0 Å². The number of hydrogen-bond acceptors (Lipinski definition) is 1. The average Bonchev–Trinajstić information content (AvgIpc) is 2.29. The minimum Gasteiger partial charge on any atom is -0.368 e. The molecule has 2 rings (SSSR count). The molecule has 1 heteroatoms. The molecule has 1 aromatic carbocycles. The van der Waals surface area contributed by atoms with Gasteiger partial charge >= 0.3 is 0 Å². The van der Waals surface area contributed by atoms with E-state index in [9.17, 15) is 0 Å². The monoisotopic (exact) mass is 213 g/mol. The highest BCUT2D eigenvalue weighted by atomic mass is 15.3. The van der Waals surface area contributed by atoms with Crippen molar-refractivity contribution < 1.29 is 0 Å². The van der Waals surface area contributed by atoms with E-state index in [-0.39, 0.29) is 5.54 Å². The first kappa shape index (κ1) is 11.0. The second kappa shape index (κ2) is 3.51. The molecule has 0 aromatic heterocycles. The van der Waals surface area contributed by atoms with Crippen LogP contribution in [0.4, 0.5) is 0 Å². The lowest BCUT2D eigenvalue weighted by Crippen LogP contribution is -2.60. The van der Waals surface area contributed by atoms with Crippen molar-refractivity contribution in [2.24, 2.45) is 0 Å². The largest absolute Gasteiger partial charge is 0.368 e. The molecule has 2 unspecified atom stereocenters. The van der Waals surface area contributed by atoms with E-state index in [1.54, 1.807) is 0 Å². The summed E-state index contributed by atoms with van der Waals surface area (Å²) in [6.07, 6.45) is 0. The topological polar surface area (TPSA) is 3.24 Å². The molecule has 1 aromatic rings. The normalized spacial score (nSPS) is 28.8. The van der Waals surface area contributed by atoms with Gasteiger partial charge in [-0.3, -0.25) is 0 Å². The van der Waals surface area contributed by atoms with Crippen LogP contribution in [0.5, 0.6) is 0 Å². The lowest BCUT2D eigenvalue weighted by Gasteiger charge is -2.59. The summed E-state index contributed by atoms with van der Waals surface area (Å²) in [5.41, 5.74) is 3.71. The van der Waals surface area contributed by atoms with Gasteiger partial charge in [0.2, 0.25) is 0 Å². The zero-order valence-corrected chi connectivity index (χ0v) is 10.3. The Labute approximate surface area is 98.1 Å². The van der Waals surface area contributed by atoms with E-state index < -0.39 is 0 Å². The smallest absolute Gasteiger partial charge is 0.0697 e. The lowest BCUT2D eigenvalue weighted by atomic mass is 9.66. The van der Waals surface area contributed by atoms with Crippen LogP contribution in [0, 0.1) is 0 Å². The summed E-state index contributed by atoms with van der Waals surface area (Å²) in [5, 5.41) is 0. The first-order chi connectivity index (χ1) is 7.49. The maximum Gasteiger partial charge on any atom is 0.0697 e. The molecule has 1 aliphatic heterocycles. The predicted molar refractivity (Wildman–Crippen MR) is 69.3 cm³/mol. The molecule has 1 heterocycles. The molecule has 1 nitrogen and oxygen atoms in total. The fourth-order valence-electron chi connectivity index (χ4n) is 2.64. The van der Waals surface area contributed by atoms with Gasteiger partial charge in [-0.1, -0.05) is 49.1 Å². The molecular weight excluding hydrogens is 194 g/mol. The Kier molecular flexibility index (Phi) is 2.42. The maximum atomic E-state index is 4.16. The van der Waals surface area contributed by atoms with E-state index >= 15 is 0 Å². The molecule has 0 radical (unpaired) electrons. The molecule has 0 spiro atoms. The zero-order chi connectivity index (χ0) is 11.9. The van der Waals surface area contributed by atoms with Crippen molar-refractivity contribution in [3.63, 3.8) is 0 Å². The second-order valence-corrected chi connectivity index (χ2v) is 4.82. The van der Waals surface area contributed by atoms with E-state index in [1.807, 2.05) is 6.07 Å². The molecule has 0 saturated carbocycles. The summed E-state index contributed by atoms with van der Waals surface area (Å²) >= 11 is 0. The summed E-state index contributed by atoms with van der Waals surface area (Å²) in [5.74, 6) is 0.371. The minimum atomic E-state index is 0.0123. The molecule has 0 N–H and O–H groups in total. The summed E-state index contributed by atoms with van der Waals surface area (Å²) in [4.78, 5) is 2.23. The van der Waals surface area contributed by atoms with E-state index in [1.165, 1.54) is 16.8 Å². The number of likely N-dealkylation sites (N-methyl/N-ethyl adjacent to an activating group) is 1. The van der Waals surface area contributed by atoms with Crippen molar-refractivity contribution in [1.29, 1.82) is 0 Å². The van der Waals surface area contributed by atoms with Crippen LogP contribution in [0.2, 0.25) is 0 Å². The van der Waals surface area contributed by atoms with Gasteiger partial charge in [-0.05, 0) is 19.4 Å². The van der Waals surface area contributed by atoms with Gasteiger partial charge in [0.15, 0.2) is 0 Å². The van der Waals surface area contributed by atoms with Gasteiger partial charge in [-0.25, -0.2) is 0 Å². The Bertz CT molecular complexity index is 432. The summed E-state index contributed by atoms with van der Waals surface area (Å²) in [6, 6.07) is 10.6. The molecule has 1 fully saturated rings. The van der Waals surface area contributed by atoms with Crippen LogP contribution in [0.15, 0.2) is 54.8 Å². The summed E-state index contributed by atoms with van der Waals surface area (Å²) in [7, 11) is 2.09. The third kappa shape index (κ3) is 1.24. The molecule has 16 heavy (non-hydrogen) atoms. The van der Waals surface area contributed by atoms with Crippen molar-refractivity contribution in [3.05, 3.63) is 60.3 Å². The number of rotatable bonds is 2. The summed E-state index contributed by atoms with van der Waals surface area (Å²) < 4.78 is 0. The second-order valence-electron chi connectivity index (χ2n) is 4.82. The van der Waals surface area contributed by atoms with Crippen molar-refractivity contribution >= 4 is 0 Å². The first-order valence-electron chi connectivity index (χ1n) is 5.63. The minimum absolute atomic E-state index is 0.0123. The van der Waals surface area contributed by atoms with E-state index in [0.29, 0.717) is 5.92 Å². The van der Waals surface area contributed by atoms with E-state index in [0.717, 1.165) is 0 Å². The third-order valence-corrected chi connectivity index (χ3v) is 4.02. The predicted octanol–water partition coefficient (Wildman–Crippen LogP) is 3.56. The highest BCUT2D eigenvalue weighted by molar-refractivity contribution is 5.45. The Hall–Kier alpha value is -1.50. The van der Waals surface area contributed by atoms with Crippen molar-refractivity contribution in [3.8, 4) is 0 Å². The van der Waals surface area contributed by atoms with Gasteiger partial charge < -0.3 is 4.90 Å². The third-order valence-electron chi connectivity index (χ3n) is 4.02. The number of hydrogen-bond donors (Lipinski definition) is 0. The molecule has 0 amide bonds. The van der Waals surface area contributed by atoms with Gasteiger partial charge in [-0.15, -0.1) is 0 Å². The van der Waals surface area contributed by atoms with E-state index in [4.69, 9.17) is 0 Å². The number of benzene rings is 1. The van der Waals surface area contributed by atoms with Crippen LogP contribution in [0.25, 0.3) is 0 Å². The average molecular weight is 213 g/mol. The molecule has 1 saturated heterocycles. The fourth-order valence-corrected chi connectivity index (χ4v) is 2.64.